The maximum absolute atomic E-state index is 5.86. The first-order valence-corrected chi connectivity index (χ1v) is 6.95. The molecule has 2 nitrogen and oxygen atoms in total. The van der Waals surface area contributed by atoms with Gasteiger partial charge in [0.05, 0.1) is 6.61 Å². The minimum absolute atomic E-state index is 0.514. The zero-order valence-electron chi connectivity index (χ0n) is 10.9. The minimum Gasteiger partial charge on any atom is -0.493 e. The van der Waals surface area contributed by atoms with Gasteiger partial charge in [-0.1, -0.05) is 29.8 Å². The van der Waals surface area contributed by atoms with E-state index in [2.05, 4.69) is 42.8 Å². The van der Waals surface area contributed by atoms with Crippen molar-refractivity contribution in [2.24, 2.45) is 11.7 Å². The lowest BCUT2D eigenvalue weighted by Gasteiger charge is -2.14. The maximum atomic E-state index is 5.86. The van der Waals surface area contributed by atoms with Crippen LogP contribution in [0.3, 0.4) is 0 Å². The summed E-state index contributed by atoms with van der Waals surface area (Å²) >= 11 is 3.48. The molecule has 17 heavy (non-hydrogen) atoms. The Hall–Kier alpha value is -0.540. The molecule has 0 aliphatic rings. The van der Waals surface area contributed by atoms with Crippen LogP contribution >= 0.6 is 15.9 Å². The van der Waals surface area contributed by atoms with Crippen molar-refractivity contribution >= 4 is 15.9 Å². The van der Waals surface area contributed by atoms with Crippen LogP contribution in [0.1, 0.15) is 37.8 Å². The zero-order valence-corrected chi connectivity index (χ0v) is 12.5. The lowest BCUT2D eigenvalue weighted by Crippen LogP contribution is -2.06. The first kappa shape index (κ1) is 14.5. The summed E-state index contributed by atoms with van der Waals surface area (Å²) in [4.78, 5) is 0. The van der Waals surface area contributed by atoms with Crippen LogP contribution in [0.25, 0.3) is 0 Å². The quantitative estimate of drug-likeness (QED) is 0.805. The van der Waals surface area contributed by atoms with E-state index in [1.165, 1.54) is 6.42 Å². The Labute approximate surface area is 113 Å². The number of aryl methyl sites for hydroxylation is 1. The van der Waals surface area contributed by atoms with Crippen LogP contribution in [0, 0.1) is 12.8 Å². The van der Waals surface area contributed by atoms with Gasteiger partial charge in [0.2, 0.25) is 0 Å². The minimum atomic E-state index is 0.514. The van der Waals surface area contributed by atoms with Gasteiger partial charge in [-0.2, -0.15) is 0 Å². The highest BCUT2D eigenvalue weighted by atomic mass is 79.9. The van der Waals surface area contributed by atoms with Crippen molar-refractivity contribution in [1.82, 2.24) is 0 Å². The van der Waals surface area contributed by atoms with E-state index in [0.29, 0.717) is 6.54 Å². The summed E-state index contributed by atoms with van der Waals surface area (Å²) in [5.41, 5.74) is 7.95. The molecule has 0 bridgehead atoms. The molecule has 0 amide bonds. The number of rotatable bonds is 6. The molecular formula is C14H22BrNO. The Morgan fingerprint density at radius 2 is 2.06 bits per heavy atom. The Kier molecular flexibility index (Phi) is 6.00. The summed E-state index contributed by atoms with van der Waals surface area (Å²) in [5, 5.41) is 0. The van der Waals surface area contributed by atoms with Crippen LogP contribution in [0.5, 0.6) is 5.75 Å². The summed E-state index contributed by atoms with van der Waals surface area (Å²) in [5.74, 6) is 1.69. The molecular weight excluding hydrogens is 278 g/mol. The largest absolute Gasteiger partial charge is 0.493 e. The van der Waals surface area contributed by atoms with Gasteiger partial charge in [-0.3, -0.25) is 0 Å². The van der Waals surface area contributed by atoms with Gasteiger partial charge >= 0.3 is 0 Å². The van der Waals surface area contributed by atoms with Crippen LogP contribution in [0.15, 0.2) is 16.6 Å². The predicted octanol–water partition coefficient (Wildman–Crippen LogP) is 4.03. The second kappa shape index (κ2) is 7.02. The fourth-order valence-corrected chi connectivity index (χ4v) is 2.44. The molecule has 0 radical (unpaired) electrons. The maximum Gasteiger partial charge on any atom is 0.126 e. The van der Waals surface area contributed by atoms with E-state index in [4.69, 9.17) is 10.5 Å². The molecule has 0 heterocycles. The van der Waals surface area contributed by atoms with Crippen LogP contribution in [-0.4, -0.2) is 6.61 Å². The highest BCUT2D eigenvalue weighted by Crippen LogP contribution is 2.28. The average molecular weight is 300 g/mol. The molecule has 96 valence electrons. The molecule has 0 unspecified atom stereocenters. The van der Waals surface area contributed by atoms with Gasteiger partial charge in [-0.15, -0.1) is 0 Å². The van der Waals surface area contributed by atoms with Crippen molar-refractivity contribution in [1.29, 1.82) is 0 Å². The highest BCUT2D eigenvalue weighted by Gasteiger charge is 2.07. The zero-order chi connectivity index (χ0) is 12.8. The molecule has 1 aromatic rings. The number of ether oxygens (including phenoxy) is 1. The van der Waals surface area contributed by atoms with Crippen LogP contribution in [-0.2, 0) is 6.54 Å². The summed E-state index contributed by atoms with van der Waals surface area (Å²) in [6, 6.07) is 4.10. The van der Waals surface area contributed by atoms with Crippen molar-refractivity contribution in [3.05, 3.63) is 27.7 Å². The molecule has 1 rings (SSSR count). The van der Waals surface area contributed by atoms with E-state index in [-0.39, 0.29) is 0 Å². The molecule has 0 fully saturated rings. The molecule has 0 saturated heterocycles. The van der Waals surface area contributed by atoms with Crippen molar-refractivity contribution in [2.75, 3.05) is 6.61 Å². The smallest absolute Gasteiger partial charge is 0.126 e. The fourth-order valence-electron chi connectivity index (χ4n) is 1.82. The van der Waals surface area contributed by atoms with Crippen LogP contribution in [0.2, 0.25) is 0 Å². The second-order valence-corrected chi connectivity index (χ2v) is 5.72. The number of hydrogen-bond acceptors (Lipinski definition) is 2. The van der Waals surface area contributed by atoms with Crippen molar-refractivity contribution < 1.29 is 4.74 Å². The van der Waals surface area contributed by atoms with Gasteiger partial charge in [-0.25, -0.2) is 0 Å². The third-order valence-corrected chi connectivity index (χ3v) is 3.17. The standard InChI is InChI=1S/C14H22BrNO/c1-10(2)5-4-6-17-14-11(3)7-13(15)8-12(14)9-16/h7-8,10H,4-6,9,16H2,1-3H3. The Morgan fingerprint density at radius 3 is 2.65 bits per heavy atom. The molecule has 3 heteroatoms. The average Bonchev–Trinajstić information content (AvgIpc) is 2.25. The highest BCUT2D eigenvalue weighted by molar-refractivity contribution is 9.10. The van der Waals surface area contributed by atoms with E-state index in [1.807, 2.05) is 6.07 Å². The molecule has 0 saturated carbocycles. The van der Waals surface area contributed by atoms with Gasteiger partial charge < -0.3 is 10.5 Å². The van der Waals surface area contributed by atoms with Gasteiger partial charge in [0.1, 0.15) is 5.75 Å². The normalized spacial score (nSPS) is 10.9. The summed E-state index contributed by atoms with van der Waals surface area (Å²) in [7, 11) is 0. The Balaban J connectivity index is 2.63. The van der Waals surface area contributed by atoms with E-state index in [1.54, 1.807) is 0 Å². The molecule has 2 N–H and O–H groups in total. The van der Waals surface area contributed by atoms with Crippen LogP contribution < -0.4 is 10.5 Å². The summed E-state index contributed by atoms with van der Waals surface area (Å²) in [6.07, 6.45) is 2.30. The summed E-state index contributed by atoms with van der Waals surface area (Å²) in [6.45, 7) is 7.81. The molecule has 0 aliphatic carbocycles. The second-order valence-electron chi connectivity index (χ2n) is 4.80. The van der Waals surface area contributed by atoms with Gasteiger partial charge in [0.25, 0.3) is 0 Å². The van der Waals surface area contributed by atoms with Crippen molar-refractivity contribution in [3.63, 3.8) is 0 Å². The van der Waals surface area contributed by atoms with Crippen molar-refractivity contribution in [2.45, 2.75) is 40.2 Å². The monoisotopic (exact) mass is 299 g/mol. The molecule has 0 atom stereocenters. The number of nitrogens with two attached hydrogens (primary N) is 1. The van der Waals surface area contributed by atoms with E-state index in [9.17, 15) is 0 Å². The fraction of sp³-hybridized carbons (Fsp3) is 0.571. The van der Waals surface area contributed by atoms with Gasteiger partial charge in [0, 0.05) is 16.6 Å². The number of benzene rings is 1. The van der Waals surface area contributed by atoms with Gasteiger partial charge in [0.15, 0.2) is 0 Å². The van der Waals surface area contributed by atoms with Gasteiger partial charge in [-0.05, 0) is 43.4 Å². The molecule has 1 aromatic carbocycles. The predicted molar refractivity (Wildman–Crippen MR) is 76.3 cm³/mol. The topological polar surface area (TPSA) is 35.2 Å². The molecule has 0 aromatic heterocycles. The molecule has 0 aliphatic heterocycles. The van der Waals surface area contributed by atoms with E-state index < -0.39 is 0 Å². The lowest BCUT2D eigenvalue weighted by atomic mass is 10.1. The SMILES string of the molecule is Cc1cc(Br)cc(CN)c1OCCCC(C)C. The molecule has 0 spiro atoms. The van der Waals surface area contributed by atoms with Crippen molar-refractivity contribution in [3.8, 4) is 5.75 Å². The van der Waals surface area contributed by atoms with Crippen LogP contribution in [0.4, 0.5) is 0 Å². The first-order chi connectivity index (χ1) is 8.04. The Bertz CT molecular complexity index is 363. The Morgan fingerprint density at radius 1 is 1.35 bits per heavy atom. The number of hydrogen-bond donors (Lipinski definition) is 1. The first-order valence-electron chi connectivity index (χ1n) is 6.16. The summed E-state index contributed by atoms with van der Waals surface area (Å²) < 4.78 is 6.92. The van der Waals surface area contributed by atoms with E-state index >= 15 is 0 Å². The third kappa shape index (κ3) is 4.68. The van der Waals surface area contributed by atoms with E-state index in [0.717, 1.165) is 40.3 Å². The third-order valence-electron chi connectivity index (χ3n) is 2.71. The lowest BCUT2D eigenvalue weighted by molar-refractivity contribution is 0.293. The number of halogens is 1.